The number of fused-ring (bicyclic) bond motifs is 1. The zero-order chi connectivity index (χ0) is 27.8. The average Bonchev–Trinajstić information content (AvgIpc) is 3.51. The normalized spacial score (nSPS) is 11.8. The van der Waals surface area contributed by atoms with Crippen LogP contribution in [0.15, 0.2) is 88.6 Å². The van der Waals surface area contributed by atoms with E-state index in [0.29, 0.717) is 26.6 Å². The lowest BCUT2D eigenvalue weighted by atomic mass is 10.1. The lowest BCUT2D eigenvalue weighted by Crippen LogP contribution is -2.28. The monoisotopic (exact) mass is 567 g/mol. The number of halogens is 1. The van der Waals surface area contributed by atoms with Crippen molar-refractivity contribution in [2.45, 2.75) is 13.3 Å². The Balaban J connectivity index is 1.48. The molecule has 6 rings (SSSR count). The van der Waals surface area contributed by atoms with E-state index >= 15 is 0 Å². The van der Waals surface area contributed by atoms with Gasteiger partial charge in [-0.05, 0) is 48.9 Å². The molecule has 0 unspecified atom stereocenters. The van der Waals surface area contributed by atoms with Crippen molar-refractivity contribution in [2.75, 3.05) is 7.11 Å². The lowest BCUT2D eigenvalue weighted by molar-refractivity contribution is 0.415. The van der Waals surface area contributed by atoms with Gasteiger partial charge in [0.2, 0.25) is 4.96 Å². The highest BCUT2D eigenvalue weighted by atomic mass is 35.5. The van der Waals surface area contributed by atoms with Crippen LogP contribution in [0.3, 0.4) is 0 Å². The molecule has 3 aromatic heterocycles. The molecule has 40 heavy (non-hydrogen) atoms. The van der Waals surface area contributed by atoms with Gasteiger partial charge in [0.1, 0.15) is 17.1 Å². The Kier molecular flexibility index (Phi) is 6.75. The molecule has 0 aliphatic rings. The number of hydrogen-bond acceptors (Lipinski definition) is 7. The van der Waals surface area contributed by atoms with Gasteiger partial charge in [-0.2, -0.15) is 19.7 Å². The SMILES string of the molecule is COc1ccc(-c2nn(-c3ccccc3)cc2C=c2sc3nc(=O)c(Cc4ccc(C)cc4)nn3c2=O)cc1Cl. The fraction of sp³-hybridized carbons (Fsp3) is 0.100. The molecule has 8 nitrogen and oxygen atoms in total. The number of benzene rings is 3. The summed E-state index contributed by atoms with van der Waals surface area (Å²) in [6, 6.07) is 22.9. The summed E-state index contributed by atoms with van der Waals surface area (Å²) in [7, 11) is 1.56. The Bertz CT molecular complexity index is 2030. The number of ether oxygens (including phenoxy) is 1. The molecule has 0 spiro atoms. The summed E-state index contributed by atoms with van der Waals surface area (Å²) in [5.41, 5.74) is 4.38. The molecule has 0 saturated heterocycles. The van der Waals surface area contributed by atoms with Gasteiger partial charge in [0.05, 0.1) is 22.4 Å². The Labute approximate surface area is 237 Å². The molecule has 0 atom stereocenters. The second kappa shape index (κ2) is 10.5. The largest absolute Gasteiger partial charge is 0.495 e. The molecule has 0 saturated carbocycles. The number of rotatable bonds is 6. The number of nitrogens with zero attached hydrogens (tertiary/aromatic N) is 5. The van der Waals surface area contributed by atoms with Gasteiger partial charge >= 0.3 is 0 Å². The van der Waals surface area contributed by atoms with E-state index in [4.69, 9.17) is 21.4 Å². The maximum absolute atomic E-state index is 13.4. The highest BCUT2D eigenvalue weighted by molar-refractivity contribution is 7.15. The van der Waals surface area contributed by atoms with Crippen LogP contribution in [0, 0.1) is 6.92 Å². The van der Waals surface area contributed by atoms with Gasteiger partial charge in [0.25, 0.3) is 11.1 Å². The van der Waals surface area contributed by atoms with Crippen LogP contribution in [-0.2, 0) is 6.42 Å². The number of methoxy groups -OCH3 is 1. The zero-order valence-electron chi connectivity index (χ0n) is 21.5. The number of para-hydroxylation sites is 1. The zero-order valence-corrected chi connectivity index (χ0v) is 23.1. The van der Waals surface area contributed by atoms with Crippen molar-refractivity contribution in [3.8, 4) is 22.7 Å². The van der Waals surface area contributed by atoms with Gasteiger partial charge < -0.3 is 4.74 Å². The van der Waals surface area contributed by atoms with Crippen molar-refractivity contribution in [1.29, 1.82) is 0 Å². The minimum Gasteiger partial charge on any atom is -0.495 e. The Morgan fingerprint density at radius 1 is 1.00 bits per heavy atom. The van der Waals surface area contributed by atoms with E-state index in [1.54, 1.807) is 30.0 Å². The van der Waals surface area contributed by atoms with Gasteiger partial charge in [-0.15, -0.1) is 0 Å². The van der Waals surface area contributed by atoms with E-state index in [1.807, 2.05) is 73.8 Å². The van der Waals surface area contributed by atoms with E-state index in [2.05, 4.69) is 10.1 Å². The quantitative estimate of drug-likeness (QED) is 0.295. The van der Waals surface area contributed by atoms with E-state index in [0.717, 1.165) is 33.7 Å². The molecule has 0 fully saturated rings. The molecule has 6 aromatic rings. The van der Waals surface area contributed by atoms with Gasteiger partial charge in [-0.3, -0.25) is 9.59 Å². The first-order valence-corrected chi connectivity index (χ1v) is 13.6. The van der Waals surface area contributed by atoms with Crippen LogP contribution < -0.4 is 20.4 Å². The summed E-state index contributed by atoms with van der Waals surface area (Å²) in [5.74, 6) is 0.549. The van der Waals surface area contributed by atoms with Crippen LogP contribution in [-0.4, -0.2) is 31.5 Å². The van der Waals surface area contributed by atoms with E-state index in [-0.39, 0.29) is 22.6 Å². The topological polar surface area (TPSA) is 91.4 Å². The summed E-state index contributed by atoms with van der Waals surface area (Å²) in [4.78, 5) is 30.6. The molecule has 0 radical (unpaired) electrons. The predicted octanol–water partition coefficient (Wildman–Crippen LogP) is 4.47. The van der Waals surface area contributed by atoms with Crippen molar-refractivity contribution in [2.24, 2.45) is 0 Å². The molecule has 0 amide bonds. The third-order valence-corrected chi connectivity index (χ3v) is 7.67. The van der Waals surface area contributed by atoms with Crippen molar-refractivity contribution < 1.29 is 4.74 Å². The van der Waals surface area contributed by atoms with Gasteiger partial charge in [0.15, 0.2) is 0 Å². The Hall–Kier alpha value is -4.60. The maximum atomic E-state index is 13.4. The number of thiazole rings is 1. The molecule has 3 heterocycles. The number of aryl methyl sites for hydroxylation is 1. The lowest BCUT2D eigenvalue weighted by Gasteiger charge is -2.05. The highest BCUT2D eigenvalue weighted by Crippen LogP contribution is 2.32. The van der Waals surface area contributed by atoms with Gasteiger partial charge in [-0.1, -0.05) is 71.0 Å². The Morgan fingerprint density at radius 2 is 1.77 bits per heavy atom. The molecule has 0 aliphatic heterocycles. The first-order chi connectivity index (χ1) is 19.4. The molecule has 198 valence electrons. The minimum absolute atomic E-state index is 0.216. The smallest absolute Gasteiger partial charge is 0.296 e. The van der Waals surface area contributed by atoms with Crippen LogP contribution in [0.2, 0.25) is 5.02 Å². The third kappa shape index (κ3) is 4.92. The van der Waals surface area contributed by atoms with E-state index in [1.165, 1.54) is 4.52 Å². The average molecular weight is 568 g/mol. The molecule has 0 N–H and O–H groups in total. The molecular formula is C30H22ClN5O3S. The standard InChI is InChI=1S/C30H22ClN5O3S/c1-18-8-10-19(11-9-18)14-24-28(37)32-30-36(33-24)29(38)26(40-30)16-21-17-35(22-6-4-3-5-7-22)34-27(21)20-12-13-25(39-2)23(31)15-20/h3-13,15-17H,14H2,1-2H3. The maximum Gasteiger partial charge on any atom is 0.296 e. The van der Waals surface area contributed by atoms with Crippen LogP contribution >= 0.6 is 22.9 Å². The van der Waals surface area contributed by atoms with Crippen molar-refractivity contribution >= 4 is 34.0 Å². The second-order valence-corrected chi connectivity index (χ2v) is 10.6. The van der Waals surface area contributed by atoms with Crippen molar-refractivity contribution in [1.82, 2.24) is 24.4 Å². The first kappa shape index (κ1) is 25.7. The van der Waals surface area contributed by atoms with E-state index < -0.39 is 5.56 Å². The fourth-order valence-electron chi connectivity index (χ4n) is 4.34. The summed E-state index contributed by atoms with van der Waals surface area (Å²) in [5, 5.41) is 9.64. The number of hydrogen-bond donors (Lipinski definition) is 0. The molecule has 0 bridgehead atoms. The Morgan fingerprint density at radius 3 is 2.50 bits per heavy atom. The number of aromatic nitrogens is 5. The van der Waals surface area contributed by atoms with Crippen molar-refractivity contribution in [3.63, 3.8) is 0 Å². The summed E-state index contributed by atoms with van der Waals surface area (Å²) in [6.07, 6.45) is 3.88. The van der Waals surface area contributed by atoms with Gasteiger partial charge in [-0.25, -0.2) is 4.68 Å². The predicted molar refractivity (Wildman–Crippen MR) is 157 cm³/mol. The summed E-state index contributed by atoms with van der Waals surface area (Å²) < 4.78 is 8.62. The molecule has 0 aliphatic carbocycles. The third-order valence-electron chi connectivity index (χ3n) is 6.42. The molecule has 3 aromatic carbocycles. The summed E-state index contributed by atoms with van der Waals surface area (Å²) >= 11 is 7.53. The van der Waals surface area contributed by atoms with Crippen LogP contribution in [0.5, 0.6) is 5.75 Å². The van der Waals surface area contributed by atoms with Crippen LogP contribution in [0.25, 0.3) is 28.0 Å². The van der Waals surface area contributed by atoms with Crippen molar-refractivity contribution in [3.05, 3.63) is 132 Å². The highest BCUT2D eigenvalue weighted by Gasteiger charge is 2.16. The molecule has 10 heteroatoms. The second-order valence-electron chi connectivity index (χ2n) is 9.20. The van der Waals surface area contributed by atoms with Crippen LogP contribution in [0.1, 0.15) is 22.4 Å². The van der Waals surface area contributed by atoms with E-state index in [9.17, 15) is 9.59 Å². The minimum atomic E-state index is -0.446. The van der Waals surface area contributed by atoms with Crippen LogP contribution in [0.4, 0.5) is 0 Å². The molecular weight excluding hydrogens is 546 g/mol. The fourth-order valence-corrected chi connectivity index (χ4v) is 5.49. The first-order valence-electron chi connectivity index (χ1n) is 12.4. The van der Waals surface area contributed by atoms with Gasteiger partial charge in [0, 0.05) is 23.7 Å². The summed E-state index contributed by atoms with van der Waals surface area (Å²) in [6.45, 7) is 2.00.